The third kappa shape index (κ3) is 8.71. The maximum absolute atomic E-state index is 11.8. The fourth-order valence-electron chi connectivity index (χ4n) is 1.83. The van der Waals surface area contributed by atoms with Gasteiger partial charge in [-0.15, -0.1) is 0 Å². The topological polar surface area (TPSA) is 67.5 Å². The number of nitrogens with one attached hydrogen (secondary N) is 1. The lowest BCUT2D eigenvalue weighted by Crippen LogP contribution is -2.44. The summed E-state index contributed by atoms with van der Waals surface area (Å²) < 4.78 is 0. The zero-order valence-electron chi connectivity index (χ0n) is 17.7. The van der Waals surface area contributed by atoms with E-state index in [0.29, 0.717) is 11.5 Å². The lowest BCUT2D eigenvalue weighted by Gasteiger charge is -2.24. The van der Waals surface area contributed by atoms with Gasteiger partial charge in [-0.3, -0.25) is 9.79 Å². The molecule has 1 heterocycles. The Morgan fingerprint density at radius 1 is 1.08 bits per heavy atom. The molecule has 0 aliphatic carbocycles. The highest BCUT2D eigenvalue weighted by Crippen LogP contribution is 2.18. The van der Waals surface area contributed by atoms with E-state index >= 15 is 0 Å². The largest absolute Gasteiger partial charge is 0.399 e. The second-order valence-electron chi connectivity index (χ2n) is 5.57. The van der Waals surface area contributed by atoms with E-state index in [9.17, 15) is 4.79 Å². The van der Waals surface area contributed by atoms with E-state index < -0.39 is 0 Å². The van der Waals surface area contributed by atoms with Crippen LogP contribution in [0, 0.1) is 12.8 Å². The molecule has 4 nitrogen and oxygen atoms in total. The van der Waals surface area contributed by atoms with E-state index in [0.717, 1.165) is 11.1 Å². The first kappa shape index (κ1) is 25.4. The van der Waals surface area contributed by atoms with Crippen LogP contribution in [0.2, 0.25) is 0 Å². The Hall–Kier alpha value is -1.84. The second-order valence-corrected chi connectivity index (χ2v) is 5.57. The van der Waals surface area contributed by atoms with Crippen molar-refractivity contribution in [3.8, 4) is 0 Å². The van der Waals surface area contributed by atoms with Gasteiger partial charge in [0.15, 0.2) is 0 Å². The molecule has 0 aromatic heterocycles. The average Bonchev–Trinajstić information content (AvgIpc) is 2.64. The number of nitrogens with two attached hydrogens (primary N) is 1. The van der Waals surface area contributed by atoms with Crippen LogP contribution >= 0.6 is 0 Å². The molecule has 0 saturated carbocycles. The van der Waals surface area contributed by atoms with Crippen molar-refractivity contribution in [1.82, 2.24) is 5.32 Å². The van der Waals surface area contributed by atoms with Gasteiger partial charge in [-0.25, -0.2) is 0 Å². The van der Waals surface area contributed by atoms with Crippen molar-refractivity contribution in [3.63, 3.8) is 0 Å². The quantitative estimate of drug-likeness (QED) is 0.708. The van der Waals surface area contributed by atoms with Gasteiger partial charge in [0.05, 0.1) is 12.0 Å². The van der Waals surface area contributed by atoms with Crippen molar-refractivity contribution in [1.29, 1.82) is 0 Å². The van der Waals surface area contributed by atoms with Gasteiger partial charge in [-0.05, 0) is 31.5 Å². The summed E-state index contributed by atoms with van der Waals surface area (Å²) in [5.41, 5.74) is 8.39. The second kappa shape index (κ2) is 14.5. The van der Waals surface area contributed by atoms with Crippen LogP contribution in [0.3, 0.4) is 0 Å². The molecule has 1 aliphatic heterocycles. The number of benzene rings is 1. The van der Waals surface area contributed by atoms with Gasteiger partial charge in [0.25, 0.3) is 0 Å². The summed E-state index contributed by atoms with van der Waals surface area (Å²) >= 11 is 0. The molecule has 0 bridgehead atoms. The maximum atomic E-state index is 11.8. The van der Waals surface area contributed by atoms with Gasteiger partial charge >= 0.3 is 0 Å². The van der Waals surface area contributed by atoms with Crippen LogP contribution in [0.1, 0.15) is 79.4 Å². The Kier molecular flexibility index (Phi) is 14.7. The molecule has 2 unspecified atom stereocenters. The third-order valence-corrected chi connectivity index (χ3v) is 3.73. The van der Waals surface area contributed by atoms with Crippen molar-refractivity contribution < 1.29 is 4.79 Å². The first-order valence-electron chi connectivity index (χ1n) is 9.65. The average molecular weight is 350 g/mol. The minimum atomic E-state index is -0.0832. The standard InChI is InChI=1S/C13H17N3O.C4H10.2C2H6/c1-7-4-5-10(14)6-11(7)12-15-9(3)8(2)13(17)16-12;1-3-4-2;2*1-2/h4-6,8-9H,14H2,1-3H3,(H,15,16,17);3-4H2,1-2H3;2*1-2H3. The number of aliphatic imine (C=N–C) groups is 1. The molecule has 4 heteroatoms. The lowest BCUT2D eigenvalue weighted by molar-refractivity contribution is -0.123. The van der Waals surface area contributed by atoms with E-state index in [-0.39, 0.29) is 17.9 Å². The number of hydrogen-bond acceptors (Lipinski definition) is 3. The normalized spacial score (nSPS) is 18.1. The van der Waals surface area contributed by atoms with Crippen molar-refractivity contribution >= 4 is 17.4 Å². The minimum Gasteiger partial charge on any atom is -0.399 e. The first-order chi connectivity index (χ1) is 11.9. The van der Waals surface area contributed by atoms with Crippen molar-refractivity contribution in [2.75, 3.05) is 5.73 Å². The molecular weight excluding hydrogens is 310 g/mol. The van der Waals surface area contributed by atoms with Crippen LogP contribution in [0.15, 0.2) is 23.2 Å². The van der Waals surface area contributed by atoms with E-state index in [1.807, 2.05) is 66.7 Å². The Morgan fingerprint density at radius 2 is 1.60 bits per heavy atom. The highest BCUT2D eigenvalue weighted by atomic mass is 16.2. The molecule has 0 spiro atoms. The maximum Gasteiger partial charge on any atom is 0.230 e. The van der Waals surface area contributed by atoms with Crippen molar-refractivity contribution in [2.45, 2.75) is 81.2 Å². The zero-order valence-corrected chi connectivity index (χ0v) is 17.7. The van der Waals surface area contributed by atoms with E-state index in [4.69, 9.17) is 5.73 Å². The number of carbonyl (C=O) groups excluding carboxylic acids is 1. The molecule has 1 aromatic carbocycles. The van der Waals surface area contributed by atoms with Crippen LogP contribution in [0.25, 0.3) is 0 Å². The Bertz CT molecular complexity index is 522. The smallest absolute Gasteiger partial charge is 0.230 e. The SMILES string of the molecule is CC.CC.CCCC.Cc1ccc(N)cc1C1=NC(C)C(C)C(=O)N1. The Labute approximate surface area is 155 Å². The fraction of sp³-hybridized carbons (Fsp3) is 0.619. The summed E-state index contributed by atoms with van der Waals surface area (Å²) in [4.78, 5) is 16.3. The van der Waals surface area contributed by atoms with Crippen molar-refractivity contribution in [3.05, 3.63) is 29.3 Å². The molecule has 1 aromatic rings. The molecule has 0 fully saturated rings. The number of nitrogens with zero attached hydrogens (tertiary/aromatic N) is 1. The Balaban J connectivity index is 0. The molecule has 3 N–H and O–H groups in total. The summed E-state index contributed by atoms with van der Waals surface area (Å²) in [6.45, 7) is 18.2. The van der Waals surface area contributed by atoms with Gasteiger partial charge in [0.1, 0.15) is 5.84 Å². The number of unbranched alkanes of at least 4 members (excludes halogenated alkanes) is 1. The number of amidine groups is 1. The van der Waals surface area contributed by atoms with Crippen LogP contribution in [-0.2, 0) is 4.79 Å². The molecule has 25 heavy (non-hydrogen) atoms. The number of amides is 1. The fourth-order valence-corrected chi connectivity index (χ4v) is 1.83. The first-order valence-corrected chi connectivity index (χ1v) is 9.65. The summed E-state index contributed by atoms with van der Waals surface area (Å²) in [5, 5.41) is 2.84. The highest BCUT2D eigenvalue weighted by molar-refractivity contribution is 6.11. The predicted molar refractivity (Wildman–Crippen MR) is 112 cm³/mol. The molecule has 2 atom stereocenters. The molecule has 144 valence electrons. The molecule has 1 aliphatic rings. The van der Waals surface area contributed by atoms with Gasteiger partial charge in [-0.2, -0.15) is 0 Å². The number of aryl methyl sites for hydroxylation is 1. The zero-order chi connectivity index (χ0) is 20.0. The highest BCUT2D eigenvalue weighted by Gasteiger charge is 2.27. The van der Waals surface area contributed by atoms with Crippen molar-refractivity contribution in [2.24, 2.45) is 10.9 Å². The van der Waals surface area contributed by atoms with Crippen LogP contribution in [0.5, 0.6) is 0 Å². The summed E-state index contributed by atoms with van der Waals surface area (Å²) in [7, 11) is 0. The van der Waals surface area contributed by atoms with Gasteiger partial charge in [-0.1, -0.05) is 67.4 Å². The van der Waals surface area contributed by atoms with Crippen LogP contribution < -0.4 is 11.1 Å². The lowest BCUT2D eigenvalue weighted by atomic mass is 9.99. The number of hydrogen-bond donors (Lipinski definition) is 2. The van der Waals surface area contributed by atoms with E-state index in [1.165, 1.54) is 12.8 Å². The summed E-state index contributed by atoms with van der Waals surface area (Å²) in [6.07, 6.45) is 2.64. The number of nitrogen functional groups attached to an aromatic ring is 1. The predicted octanol–water partition coefficient (Wildman–Crippen LogP) is 5.34. The minimum absolute atomic E-state index is 0.000388. The van der Waals surface area contributed by atoms with Crippen LogP contribution in [-0.4, -0.2) is 17.8 Å². The molecular formula is C21H39N3O. The molecule has 0 saturated heterocycles. The summed E-state index contributed by atoms with van der Waals surface area (Å²) in [5.74, 6) is 0.565. The summed E-state index contributed by atoms with van der Waals surface area (Å²) in [6, 6.07) is 5.62. The van der Waals surface area contributed by atoms with Gasteiger partial charge < -0.3 is 11.1 Å². The number of anilines is 1. The Morgan fingerprint density at radius 3 is 2.04 bits per heavy atom. The molecule has 1 amide bonds. The molecule has 2 rings (SSSR count). The molecule has 0 radical (unpaired) electrons. The third-order valence-electron chi connectivity index (χ3n) is 3.73. The van der Waals surface area contributed by atoms with E-state index in [1.54, 1.807) is 0 Å². The van der Waals surface area contributed by atoms with Gasteiger partial charge in [0, 0.05) is 11.3 Å². The number of carbonyl (C=O) groups is 1. The monoisotopic (exact) mass is 349 g/mol. The van der Waals surface area contributed by atoms with Crippen LogP contribution in [0.4, 0.5) is 5.69 Å². The van der Waals surface area contributed by atoms with Gasteiger partial charge in [0.2, 0.25) is 5.91 Å². The number of rotatable bonds is 2. The van der Waals surface area contributed by atoms with E-state index in [2.05, 4.69) is 24.2 Å².